The summed E-state index contributed by atoms with van der Waals surface area (Å²) in [6, 6.07) is 10.7. The highest BCUT2D eigenvalue weighted by molar-refractivity contribution is 5.15. The molecule has 0 unspecified atom stereocenters. The van der Waals surface area contributed by atoms with Crippen LogP contribution in [-0.2, 0) is 25.8 Å². The van der Waals surface area contributed by atoms with Gasteiger partial charge in [-0.05, 0) is 30.7 Å². The summed E-state index contributed by atoms with van der Waals surface area (Å²) in [5.41, 5.74) is 1.38. The molecule has 2 heterocycles. The molecule has 0 atom stereocenters. The number of fused-ring (bicyclic) bond motifs is 1. The molecule has 2 aliphatic rings. The maximum absolute atomic E-state index is 4.50. The number of hydrogen-bond donors (Lipinski definition) is 0. The van der Waals surface area contributed by atoms with E-state index in [-0.39, 0.29) is 0 Å². The predicted octanol–water partition coefficient (Wildman–Crippen LogP) is 3.50. The van der Waals surface area contributed by atoms with Gasteiger partial charge in [-0.25, -0.2) is 0 Å². The van der Waals surface area contributed by atoms with Crippen molar-refractivity contribution in [1.82, 2.24) is 19.7 Å². The fraction of sp³-hybridized carbons (Fsp3) is 0.619. The van der Waals surface area contributed by atoms with Gasteiger partial charge in [0, 0.05) is 39.0 Å². The van der Waals surface area contributed by atoms with Crippen LogP contribution in [0.1, 0.15) is 49.3 Å². The van der Waals surface area contributed by atoms with E-state index in [1.54, 1.807) is 0 Å². The first-order chi connectivity index (χ1) is 12.4. The van der Waals surface area contributed by atoms with Gasteiger partial charge in [-0.1, -0.05) is 49.6 Å². The van der Waals surface area contributed by atoms with E-state index in [0.29, 0.717) is 0 Å². The monoisotopic (exact) mass is 338 g/mol. The third kappa shape index (κ3) is 4.30. The van der Waals surface area contributed by atoms with Gasteiger partial charge in [-0.15, -0.1) is 10.2 Å². The Balaban J connectivity index is 1.34. The molecule has 0 spiro atoms. The molecule has 4 rings (SSSR count). The van der Waals surface area contributed by atoms with Gasteiger partial charge in [-0.3, -0.25) is 0 Å². The number of rotatable bonds is 5. The SMILES string of the molecule is c1ccc(CCc2nnc3n2CCN(CC2CCCCC2)CC3)cc1. The zero-order valence-corrected chi connectivity index (χ0v) is 15.2. The Kier molecular flexibility index (Phi) is 5.46. The van der Waals surface area contributed by atoms with Gasteiger partial charge in [0.05, 0.1) is 0 Å². The Morgan fingerprint density at radius 2 is 1.72 bits per heavy atom. The molecule has 0 radical (unpaired) electrons. The van der Waals surface area contributed by atoms with Gasteiger partial charge in [0.1, 0.15) is 11.6 Å². The zero-order valence-electron chi connectivity index (χ0n) is 15.2. The van der Waals surface area contributed by atoms with Gasteiger partial charge < -0.3 is 9.47 Å². The minimum Gasteiger partial charge on any atom is -0.314 e. The van der Waals surface area contributed by atoms with Crippen LogP contribution in [0.15, 0.2) is 30.3 Å². The average molecular weight is 338 g/mol. The Morgan fingerprint density at radius 3 is 2.56 bits per heavy atom. The van der Waals surface area contributed by atoms with E-state index in [1.807, 2.05) is 0 Å². The number of aromatic nitrogens is 3. The molecular formula is C21H30N4. The smallest absolute Gasteiger partial charge is 0.134 e. The summed E-state index contributed by atoms with van der Waals surface area (Å²) in [5.74, 6) is 3.28. The first-order valence-corrected chi connectivity index (χ1v) is 10.1. The van der Waals surface area contributed by atoms with Crippen LogP contribution < -0.4 is 0 Å². The standard InChI is InChI=1S/C21H30N4/c1-3-7-18(8-4-1)11-12-20-22-23-21-13-14-24(15-16-25(20)21)17-19-9-5-2-6-10-19/h1,3-4,7-8,19H,2,5-6,9-17H2. The van der Waals surface area contributed by atoms with Crippen molar-refractivity contribution >= 4 is 0 Å². The van der Waals surface area contributed by atoms with Crippen molar-refractivity contribution in [3.63, 3.8) is 0 Å². The lowest BCUT2D eigenvalue weighted by Crippen LogP contribution is -2.33. The summed E-state index contributed by atoms with van der Waals surface area (Å²) >= 11 is 0. The summed E-state index contributed by atoms with van der Waals surface area (Å²) in [6.45, 7) is 4.64. The molecule has 0 bridgehead atoms. The number of benzene rings is 1. The second-order valence-electron chi connectivity index (χ2n) is 7.72. The van der Waals surface area contributed by atoms with Crippen LogP contribution in [0, 0.1) is 5.92 Å². The molecule has 1 fully saturated rings. The number of nitrogens with zero attached hydrogens (tertiary/aromatic N) is 4. The minimum absolute atomic E-state index is 0.926. The summed E-state index contributed by atoms with van der Waals surface area (Å²) in [4.78, 5) is 2.67. The Hall–Kier alpha value is -1.68. The van der Waals surface area contributed by atoms with E-state index in [2.05, 4.69) is 50.0 Å². The Labute approximate surface area is 151 Å². The fourth-order valence-corrected chi connectivity index (χ4v) is 4.43. The normalized spacial score (nSPS) is 19.5. The lowest BCUT2D eigenvalue weighted by atomic mass is 9.89. The predicted molar refractivity (Wildman–Crippen MR) is 101 cm³/mol. The third-order valence-electron chi connectivity index (χ3n) is 5.92. The Morgan fingerprint density at radius 1 is 0.880 bits per heavy atom. The summed E-state index contributed by atoms with van der Waals surface area (Å²) in [6.07, 6.45) is 10.3. The first kappa shape index (κ1) is 16.8. The van der Waals surface area contributed by atoms with Crippen molar-refractivity contribution in [2.24, 2.45) is 5.92 Å². The van der Waals surface area contributed by atoms with E-state index in [9.17, 15) is 0 Å². The molecule has 134 valence electrons. The zero-order chi connectivity index (χ0) is 16.9. The molecular weight excluding hydrogens is 308 g/mol. The molecule has 2 aromatic rings. The van der Waals surface area contributed by atoms with Gasteiger partial charge in [0.2, 0.25) is 0 Å². The van der Waals surface area contributed by atoms with Crippen molar-refractivity contribution in [1.29, 1.82) is 0 Å². The number of aryl methyl sites for hydroxylation is 2. The van der Waals surface area contributed by atoms with Crippen LogP contribution in [0.2, 0.25) is 0 Å². The van der Waals surface area contributed by atoms with E-state index in [4.69, 9.17) is 0 Å². The molecule has 0 saturated heterocycles. The Bertz CT molecular complexity index is 658. The van der Waals surface area contributed by atoms with Crippen molar-refractivity contribution in [3.8, 4) is 0 Å². The molecule has 1 aromatic carbocycles. The van der Waals surface area contributed by atoms with Crippen LogP contribution in [0.5, 0.6) is 0 Å². The first-order valence-electron chi connectivity index (χ1n) is 10.1. The van der Waals surface area contributed by atoms with Crippen LogP contribution in [0.25, 0.3) is 0 Å². The van der Waals surface area contributed by atoms with Gasteiger partial charge in [-0.2, -0.15) is 0 Å². The quantitative estimate of drug-likeness (QED) is 0.837. The third-order valence-corrected chi connectivity index (χ3v) is 5.92. The van der Waals surface area contributed by atoms with Crippen LogP contribution in [0.4, 0.5) is 0 Å². The second-order valence-corrected chi connectivity index (χ2v) is 7.72. The highest BCUT2D eigenvalue weighted by atomic mass is 15.3. The van der Waals surface area contributed by atoms with Crippen molar-refractivity contribution in [2.45, 2.75) is 57.9 Å². The lowest BCUT2D eigenvalue weighted by Gasteiger charge is -2.28. The van der Waals surface area contributed by atoms with E-state index in [1.165, 1.54) is 55.9 Å². The summed E-state index contributed by atoms with van der Waals surface area (Å²) in [7, 11) is 0. The summed E-state index contributed by atoms with van der Waals surface area (Å²) in [5, 5.41) is 8.99. The maximum atomic E-state index is 4.50. The summed E-state index contributed by atoms with van der Waals surface area (Å²) < 4.78 is 2.39. The molecule has 1 saturated carbocycles. The lowest BCUT2D eigenvalue weighted by molar-refractivity contribution is 0.203. The van der Waals surface area contributed by atoms with Gasteiger partial charge in [0.25, 0.3) is 0 Å². The van der Waals surface area contributed by atoms with Crippen molar-refractivity contribution in [3.05, 3.63) is 47.5 Å². The molecule has 0 N–H and O–H groups in total. The topological polar surface area (TPSA) is 34.0 Å². The minimum atomic E-state index is 0.926. The largest absolute Gasteiger partial charge is 0.314 e. The van der Waals surface area contributed by atoms with E-state index < -0.39 is 0 Å². The average Bonchev–Trinajstić information content (AvgIpc) is 2.95. The van der Waals surface area contributed by atoms with E-state index in [0.717, 1.165) is 44.8 Å². The van der Waals surface area contributed by atoms with Crippen LogP contribution in [-0.4, -0.2) is 39.3 Å². The molecule has 0 amide bonds. The second kappa shape index (κ2) is 8.13. The molecule has 4 nitrogen and oxygen atoms in total. The van der Waals surface area contributed by atoms with Crippen molar-refractivity contribution < 1.29 is 0 Å². The maximum Gasteiger partial charge on any atom is 0.134 e. The molecule has 4 heteroatoms. The van der Waals surface area contributed by atoms with Crippen molar-refractivity contribution in [2.75, 3.05) is 19.6 Å². The van der Waals surface area contributed by atoms with E-state index >= 15 is 0 Å². The van der Waals surface area contributed by atoms with Crippen LogP contribution in [0.3, 0.4) is 0 Å². The highest BCUT2D eigenvalue weighted by Gasteiger charge is 2.21. The molecule has 1 aliphatic heterocycles. The van der Waals surface area contributed by atoms with Crippen LogP contribution >= 0.6 is 0 Å². The highest BCUT2D eigenvalue weighted by Crippen LogP contribution is 2.25. The van der Waals surface area contributed by atoms with Gasteiger partial charge in [0.15, 0.2) is 0 Å². The fourth-order valence-electron chi connectivity index (χ4n) is 4.43. The number of hydrogen-bond acceptors (Lipinski definition) is 3. The molecule has 25 heavy (non-hydrogen) atoms. The molecule has 1 aliphatic carbocycles. The van der Waals surface area contributed by atoms with Gasteiger partial charge >= 0.3 is 0 Å². The molecule has 1 aromatic heterocycles.